The Labute approximate surface area is 102 Å². The third-order valence-corrected chi connectivity index (χ3v) is 4.04. The van der Waals surface area contributed by atoms with Gasteiger partial charge in [0.25, 0.3) is 0 Å². The molecular formula is C13H19N2S+. The normalized spacial score (nSPS) is 20.1. The lowest BCUT2D eigenvalue weighted by atomic mass is 10.2. The molecule has 0 aliphatic carbocycles. The van der Waals surface area contributed by atoms with E-state index >= 15 is 0 Å². The van der Waals surface area contributed by atoms with Gasteiger partial charge in [-0.3, -0.25) is 4.48 Å². The Balaban J connectivity index is 2.18. The first-order chi connectivity index (χ1) is 7.59. The fraction of sp³-hybridized carbons (Fsp3) is 0.462. The van der Waals surface area contributed by atoms with Crippen LogP contribution in [0.5, 0.6) is 0 Å². The predicted molar refractivity (Wildman–Crippen MR) is 72.0 cm³/mol. The Morgan fingerprint density at radius 2 is 2.19 bits per heavy atom. The number of thiophene rings is 1. The van der Waals surface area contributed by atoms with Crippen LogP contribution in [0.4, 0.5) is 0 Å². The predicted octanol–water partition coefficient (Wildman–Crippen LogP) is 2.95. The van der Waals surface area contributed by atoms with Crippen LogP contribution in [0.15, 0.2) is 22.5 Å². The third-order valence-electron chi connectivity index (χ3n) is 3.05. The summed E-state index contributed by atoms with van der Waals surface area (Å²) in [5.74, 6) is 1.19. The topological polar surface area (TPSA) is 12.4 Å². The summed E-state index contributed by atoms with van der Waals surface area (Å²) in [6.07, 6.45) is 5.57. The zero-order valence-electron chi connectivity index (χ0n) is 10.2. The maximum absolute atomic E-state index is 4.62. The summed E-state index contributed by atoms with van der Waals surface area (Å²) in [4.78, 5) is 5.96. The molecule has 0 amide bonds. The Hall–Kier alpha value is -0.930. The highest BCUT2D eigenvalue weighted by Crippen LogP contribution is 2.18. The van der Waals surface area contributed by atoms with E-state index in [-0.39, 0.29) is 0 Å². The first kappa shape index (κ1) is 11.6. The molecule has 0 spiro atoms. The van der Waals surface area contributed by atoms with Gasteiger partial charge in [0.05, 0.1) is 27.2 Å². The summed E-state index contributed by atoms with van der Waals surface area (Å²) in [5, 5.41) is 2.14. The van der Waals surface area contributed by atoms with Gasteiger partial charge in [-0.15, -0.1) is 11.3 Å². The molecule has 0 N–H and O–H groups in total. The van der Waals surface area contributed by atoms with Crippen molar-refractivity contribution in [2.45, 2.75) is 13.3 Å². The molecule has 1 aliphatic rings. The minimum absolute atomic E-state index is 0.904. The fourth-order valence-electron chi connectivity index (χ4n) is 1.93. The average molecular weight is 235 g/mol. The lowest BCUT2D eigenvalue weighted by Gasteiger charge is -2.31. The minimum atomic E-state index is 0.904. The van der Waals surface area contributed by atoms with E-state index in [1.807, 2.05) is 0 Å². The van der Waals surface area contributed by atoms with Gasteiger partial charge in [0.1, 0.15) is 0 Å². The van der Waals surface area contributed by atoms with Crippen LogP contribution in [-0.4, -0.2) is 37.5 Å². The highest BCUT2D eigenvalue weighted by Gasteiger charge is 2.24. The fourth-order valence-corrected chi connectivity index (χ4v) is 2.74. The van der Waals surface area contributed by atoms with Crippen LogP contribution in [0.3, 0.4) is 0 Å². The Bertz CT molecular complexity index is 427. The van der Waals surface area contributed by atoms with Gasteiger partial charge in [0, 0.05) is 17.4 Å². The molecule has 0 saturated heterocycles. The van der Waals surface area contributed by atoms with Crippen molar-refractivity contribution in [3.8, 4) is 0 Å². The van der Waals surface area contributed by atoms with Crippen molar-refractivity contribution in [3.63, 3.8) is 0 Å². The van der Waals surface area contributed by atoms with Crippen molar-refractivity contribution in [2.75, 3.05) is 27.2 Å². The Kier molecular flexibility index (Phi) is 3.26. The number of aryl methyl sites for hydroxylation is 1. The monoisotopic (exact) mass is 235 g/mol. The van der Waals surface area contributed by atoms with Gasteiger partial charge < -0.3 is 0 Å². The molecule has 86 valence electrons. The Morgan fingerprint density at radius 3 is 2.81 bits per heavy atom. The van der Waals surface area contributed by atoms with Gasteiger partial charge in [-0.25, -0.2) is 4.99 Å². The Morgan fingerprint density at radius 1 is 1.38 bits per heavy atom. The molecule has 16 heavy (non-hydrogen) atoms. The molecule has 0 radical (unpaired) electrons. The molecule has 2 nitrogen and oxygen atoms in total. The number of amidine groups is 1. The zero-order valence-corrected chi connectivity index (χ0v) is 11.0. The van der Waals surface area contributed by atoms with Crippen LogP contribution in [0.1, 0.15) is 16.9 Å². The highest BCUT2D eigenvalue weighted by atomic mass is 32.1. The number of hydrogen-bond acceptors (Lipinski definition) is 2. The standard InChI is InChI=1S/C13H19N2S/c1-11-7-10-16-12(11)5-6-13-14-8-4-9-15(13,2)3/h5-7,10H,4,8-9H2,1-3H3/q+1. The minimum Gasteiger partial charge on any atom is -0.280 e. The number of likely N-dealkylation sites (N-methyl/N-ethyl adjacent to an activating group) is 1. The quantitative estimate of drug-likeness (QED) is 0.699. The van der Waals surface area contributed by atoms with Crippen LogP contribution >= 0.6 is 11.3 Å². The summed E-state index contributed by atoms with van der Waals surface area (Å²) in [7, 11) is 4.45. The molecule has 0 aromatic carbocycles. The molecule has 1 aromatic rings. The number of aliphatic imine (C=N–C) groups is 1. The maximum atomic E-state index is 4.62. The SMILES string of the molecule is Cc1ccsc1C=CC1=NCCC[N+]1(C)C. The lowest BCUT2D eigenvalue weighted by molar-refractivity contribution is -0.800. The van der Waals surface area contributed by atoms with Crippen LogP contribution in [0, 0.1) is 6.92 Å². The van der Waals surface area contributed by atoms with Gasteiger partial charge in [-0.2, -0.15) is 0 Å². The van der Waals surface area contributed by atoms with E-state index in [4.69, 9.17) is 0 Å². The van der Waals surface area contributed by atoms with Crippen molar-refractivity contribution in [1.82, 2.24) is 0 Å². The van der Waals surface area contributed by atoms with E-state index in [0.717, 1.165) is 11.0 Å². The molecule has 0 unspecified atom stereocenters. The van der Waals surface area contributed by atoms with Crippen molar-refractivity contribution in [1.29, 1.82) is 0 Å². The molecule has 2 heterocycles. The highest BCUT2D eigenvalue weighted by molar-refractivity contribution is 7.11. The van der Waals surface area contributed by atoms with Gasteiger partial charge in [-0.05, 0) is 30.0 Å². The first-order valence-corrected chi connectivity index (χ1v) is 6.58. The second-order valence-corrected chi connectivity index (χ2v) is 5.75. The first-order valence-electron chi connectivity index (χ1n) is 5.70. The number of quaternary nitrogens is 1. The lowest BCUT2D eigenvalue weighted by Crippen LogP contribution is -2.47. The van der Waals surface area contributed by atoms with Crippen molar-refractivity contribution >= 4 is 23.2 Å². The number of hydrogen-bond donors (Lipinski definition) is 0. The maximum Gasteiger partial charge on any atom is 0.222 e. The smallest absolute Gasteiger partial charge is 0.222 e. The van der Waals surface area contributed by atoms with Gasteiger partial charge >= 0.3 is 0 Å². The molecular weight excluding hydrogens is 216 g/mol. The van der Waals surface area contributed by atoms with Gasteiger partial charge in [0.2, 0.25) is 5.84 Å². The molecule has 0 saturated carbocycles. The van der Waals surface area contributed by atoms with E-state index in [1.54, 1.807) is 11.3 Å². The number of nitrogens with zero attached hydrogens (tertiary/aromatic N) is 2. The molecule has 1 aromatic heterocycles. The summed E-state index contributed by atoms with van der Waals surface area (Å²) in [5.41, 5.74) is 1.35. The summed E-state index contributed by atoms with van der Waals surface area (Å²) in [6, 6.07) is 2.16. The summed E-state index contributed by atoms with van der Waals surface area (Å²) < 4.78 is 0.904. The average Bonchev–Trinajstić information content (AvgIpc) is 2.62. The molecule has 0 bridgehead atoms. The second-order valence-electron chi connectivity index (χ2n) is 4.80. The van der Waals surface area contributed by atoms with Crippen molar-refractivity contribution in [3.05, 3.63) is 28.0 Å². The molecule has 0 fully saturated rings. The van der Waals surface area contributed by atoms with E-state index in [0.29, 0.717) is 0 Å². The van der Waals surface area contributed by atoms with Crippen molar-refractivity contribution < 1.29 is 4.48 Å². The zero-order chi connectivity index (χ0) is 11.6. The van der Waals surface area contributed by atoms with Crippen LogP contribution < -0.4 is 0 Å². The van der Waals surface area contributed by atoms with Crippen LogP contribution in [0.2, 0.25) is 0 Å². The molecule has 2 rings (SSSR count). The van der Waals surface area contributed by atoms with Gasteiger partial charge in [-0.1, -0.05) is 0 Å². The van der Waals surface area contributed by atoms with Crippen LogP contribution in [-0.2, 0) is 0 Å². The van der Waals surface area contributed by atoms with Gasteiger partial charge in [0.15, 0.2) is 0 Å². The third kappa shape index (κ3) is 2.42. The summed E-state index contributed by atoms with van der Waals surface area (Å²) >= 11 is 1.79. The second kappa shape index (κ2) is 4.52. The van der Waals surface area contributed by atoms with Crippen LogP contribution in [0.25, 0.3) is 6.08 Å². The summed E-state index contributed by atoms with van der Waals surface area (Å²) in [6.45, 7) is 4.32. The molecule has 1 aliphatic heterocycles. The molecule has 0 atom stereocenters. The largest absolute Gasteiger partial charge is 0.280 e. The van der Waals surface area contributed by atoms with E-state index < -0.39 is 0 Å². The molecule has 3 heteroatoms. The number of rotatable bonds is 2. The van der Waals surface area contributed by atoms with E-state index in [1.165, 1.54) is 29.2 Å². The van der Waals surface area contributed by atoms with E-state index in [9.17, 15) is 0 Å². The van der Waals surface area contributed by atoms with E-state index in [2.05, 4.69) is 49.6 Å². The van der Waals surface area contributed by atoms with Crippen molar-refractivity contribution in [2.24, 2.45) is 4.99 Å².